The maximum Gasteiger partial charge on any atom is 0.329 e. The fourth-order valence-corrected chi connectivity index (χ4v) is 1.44. The van der Waals surface area contributed by atoms with E-state index in [0.29, 0.717) is 5.69 Å². The van der Waals surface area contributed by atoms with Crippen LogP contribution in [0.4, 0.5) is 5.69 Å². The number of carbonyl (C=O) groups excluding carboxylic acids is 1. The smallest absolute Gasteiger partial charge is 0.329 e. The van der Waals surface area contributed by atoms with E-state index in [1.807, 2.05) is 13.0 Å². The zero-order valence-corrected chi connectivity index (χ0v) is 9.65. The van der Waals surface area contributed by atoms with Gasteiger partial charge in [-0.1, -0.05) is 6.92 Å². The highest BCUT2D eigenvalue weighted by Crippen LogP contribution is 2.24. The van der Waals surface area contributed by atoms with Crippen molar-refractivity contribution in [3.8, 4) is 11.8 Å². The van der Waals surface area contributed by atoms with Crippen LogP contribution in [0.3, 0.4) is 0 Å². The van der Waals surface area contributed by atoms with E-state index in [-0.39, 0.29) is 0 Å². The summed E-state index contributed by atoms with van der Waals surface area (Å²) in [6.07, 6.45) is 0.811. The molecule has 4 nitrogen and oxygen atoms in total. The first kappa shape index (κ1) is 12.1. The van der Waals surface area contributed by atoms with E-state index in [4.69, 9.17) is 10.00 Å². The van der Waals surface area contributed by atoms with Crippen LogP contribution in [0.15, 0.2) is 18.2 Å². The lowest BCUT2D eigenvalue weighted by Gasteiger charge is -2.15. The zero-order chi connectivity index (χ0) is 12.1. The van der Waals surface area contributed by atoms with Gasteiger partial charge < -0.3 is 9.64 Å². The van der Waals surface area contributed by atoms with Gasteiger partial charge in [0.15, 0.2) is 6.07 Å². The predicted octanol–water partition coefficient (Wildman–Crippen LogP) is 1.74. The van der Waals surface area contributed by atoms with Crippen molar-refractivity contribution in [3.63, 3.8) is 0 Å². The molecule has 16 heavy (non-hydrogen) atoms. The second kappa shape index (κ2) is 5.17. The van der Waals surface area contributed by atoms with Gasteiger partial charge in [-0.05, 0) is 30.2 Å². The summed E-state index contributed by atoms with van der Waals surface area (Å²) >= 11 is 0. The number of hydrogen-bond donors (Lipinski definition) is 0. The molecule has 0 N–H and O–H groups in total. The monoisotopic (exact) mass is 218 g/mol. The number of hydrogen-bond acceptors (Lipinski definition) is 3. The number of nitriles is 1. The molecule has 4 heteroatoms. The van der Waals surface area contributed by atoms with Crippen molar-refractivity contribution in [2.45, 2.75) is 13.3 Å². The van der Waals surface area contributed by atoms with Crippen molar-refractivity contribution in [2.75, 3.05) is 19.1 Å². The van der Waals surface area contributed by atoms with Gasteiger partial charge in [0.25, 0.3) is 0 Å². The summed E-state index contributed by atoms with van der Waals surface area (Å²) in [7, 11) is 3.19. The van der Waals surface area contributed by atoms with Crippen LogP contribution in [0, 0.1) is 11.3 Å². The van der Waals surface area contributed by atoms with Crippen LogP contribution in [-0.2, 0) is 11.2 Å². The van der Waals surface area contributed by atoms with E-state index >= 15 is 0 Å². The molecule has 84 valence electrons. The van der Waals surface area contributed by atoms with Gasteiger partial charge in [-0.3, -0.25) is 4.79 Å². The predicted molar refractivity (Wildman–Crippen MR) is 61.4 cm³/mol. The topological polar surface area (TPSA) is 53.3 Å². The Morgan fingerprint density at radius 1 is 1.56 bits per heavy atom. The van der Waals surface area contributed by atoms with E-state index in [1.165, 1.54) is 4.90 Å². The van der Waals surface area contributed by atoms with Gasteiger partial charge in [-0.2, -0.15) is 5.26 Å². The van der Waals surface area contributed by atoms with Gasteiger partial charge in [-0.15, -0.1) is 0 Å². The maximum absolute atomic E-state index is 11.2. The summed E-state index contributed by atoms with van der Waals surface area (Å²) in [6.45, 7) is 2.01. The fourth-order valence-electron chi connectivity index (χ4n) is 1.44. The van der Waals surface area contributed by atoms with Crippen molar-refractivity contribution in [1.82, 2.24) is 0 Å². The highest BCUT2D eigenvalue weighted by molar-refractivity contribution is 6.03. The molecule has 1 rings (SSSR count). The molecule has 0 heterocycles. The number of carbonyl (C=O) groups is 1. The third-order valence-corrected chi connectivity index (χ3v) is 2.43. The lowest BCUT2D eigenvalue weighted by atomic mass is 10.1. The Balaban J connectivity index is 3.09. The second-order valence-electron chi connectivity index (χ2n) is 3.33. The Morgan fingerprint density at radius 2 is 2.25 bits per heavy atom. The number of rotatable bonds is 3. The molecule has 0 atom stereocenters. The third kappa shape index (κ3) is 2.31. The minimum Gasteiger partial charge on any atom is -0.496 e. The molecule has 0 saturated heterocycles. The SMILES string of the molecule is CCc1cc(N(C)C(=O)C#N)ccc1OC. The van der Waals surface area contributed by atoms with Crippen LogP contribution in [-0.4, -0.2) is 20.1 Å². The van der Waals surface area contributed by atoms with Crippen LogP contribution >= 0.6 is 0 Å². The summed E-state index contributed by atoms with van der Waals surface area (Å²) in [5, 5.41) is 8.53. The summed E-state index contributed by atoms with van der Waals surface area (Å²) in [5.41, 5.74) is 1.71. The third-order valence-electron chi connectivity index (χ3n) is 2.43. The van der Waals surface area contributed by atoms with Crippen LogP contribution in [0.1, 0.15) is 12.5 Å². The molecule has 1 amide bonds. The molecule has 0 bridgehead atoms. The van der Waals surface area contributed by atoms with Gasteiger partial charge in [-0.25, -0.2) is 0 Å². The molecule has 1 aromatic carbocycles. The molecule has 0 fully saturated rings. The Kier molecular flexibility index (Phi) is 3.90. The first-order valence-electron chi connectivity index (χ1n) is 4.98. The number of nitrogens with zero attached hydrogens (tertiary/aromatic N) is 2. The average Bonchev–Trinajstić information content (AvgIpc) is 2.35. The van der Waals surface area contributed by atoms with Gasteiger partial charge in [0.1, 0.15) is 5.75 Å². The Morgan fingerprint density at radius 3 is 2.75 bits per heavy atom. The minimum absolute atomic E-state index is 0.577. The number of methoxy groups -OCH3 is 1. The zero-order valence-electron chi connectivity index (χ0n) is 9.65. The number of amides is 1. The molecule has 1 aromatic rings. The quantitative estimate of drug-likeness (QED) is 0.726. The Labute approximate surface area is 95.0 Å². The molecular formula is C12H14N2O2. The standard InChI is InChI=1S/C12H14N2O2/c1-4-9-7-10(5-6-11(9)16-3)14(2)12(15)8-13/h5-7H,4H2,1-3H3. The first-order chi connectivity index (χ1) is 7.63. The summed E-state index contributed by atoms with van der Waals surface area (Å²) in [6, 6.07) is 7.00. The normalized spacial score (nSPS) is 9.38. The van der Waals surface area contributed by atoms with Gasteiger partial charge >= 0.3 is 5.91 Å². The van der Waals surface area contributed by atoms with Gasteiger partial charge in [0, 0.05) is 12.7 Å². The van der Waals surface area contributed by atoms with Crippen molar-refractivity contribution < 1.29 is 9.53 Å². The maximum atomic E-state index is 11.2. The number of aryl methyl sites for hydroxylation is 1. The lowest BCUT2D eigenvalue weighted by Crippen LogP contribution is -2.24. The molecule has 0 spiro atoms. The van der Waals surface area contributed by atoms with Crippen LogP contribution in [0.25, 0.3) is 0 Å². The molecule has 0 radical (unpaired) electrons. The molecule has 0 aliphatic rings. The van der Waals surface area contributed by atoms with Crippen LogP contribution < -0.4 is 9.64 Å². The molecular weight excluding hydrogens is 204 g/mol. The largest absolute Gasteiger partial charge is 0.496 e. The molecule has 0 unspecified atom stereocenters. The van der Waals surface area contributed by atoms with Crippen molar-refractivity contribution in [3.05, 3.63) is 23.8 Å². The fraction of sp³-hybridized carbons (Fsp3) is 0.333. The van der Waals surface area contributed by atoms with Crippen molar-refractivity contribution >= 4 is 11.6 Å². The van der Waals surface area contributed by atoms with E-state index in [9.17, 15) is 4.79 Å². The number of anilines is 1. The minimum atomic E-state index is -0.577. The molecule has 0 aliphatic carbocycles. The summed E-state index contributed by atoms with van der Waals surface area (Å²) < 4.78 is 5.19. The summed E-state index contributed by atoms with van der Waals surface area (Å²) in [5.74, 6) is 0.219. The van der Waals surface area contributed by atoms with Gasteiger partial charge in [0.2, 0.25) is 0 Å². The highest BCUT2D eigenvalue weighted by atomic mass is 16.5. The Bertz CT molecular complexity index is 435. The molecule has 0 aliphatic heterocycles. The van der Waals surface area contributed by atoms with Gasteiger partial charge in [0.05, 0.1) is 7.11 Å². The molecule has 0 aromatic heterocycles. The van der Waals surface area contributed by atoms with Crippen LogP contribution in [0.5, 0.6) is 5.75 Å². The van der Waals surface area contributed by atoms with Crippen molar-refractivity contribution in [2.24, 2.45) is 0 Å². The first-order valence-corrected chi connectivity index (χ1v) is 4.98. The van der Waals surface area contributed by atoms with E-state index in [1.54, 1.807) is 32.4 Å². The molecule has 0 saturated carbocycles. The lowest BCUT2D eigenvalue weighted by molar-refractivity contribution is -0.113. The van der Waals surface area contributed by atoms with E-state index in [2.05, 4.69) is 0 Å². The Hall–Kier alpha value is -2.02. The average molecular weight is 218 g/mol. The number of benzene rings is 1. The van der Waals surface area contributed by atoms with Crippen molar-refractivity contribution in [1.29, 1.82) is 5.26 Å². The number of ether oxygens (including phenoxy) is 1. The van der Waals surface area contributed by atoms with E-state index in [0.717, 1.165) is 17.7 Å². The summed E-state index contributed by atoms with van der Waals surface area (Å²) in [4.78, 5) is 12.5. The second-order valence-corrected chi connectivity index (χ2v) is 3.33. The van der Waals surface area contributed by atoms with E-state index < -0.39 is 5.91 Å². The van der Waals surface area contributed by atoms with Crippen LogP contribution in [0.2, 0.25) is 0 Å². The highest BCUT2D eigenvalue weighted by Gasteiger charge is 2.11.